The van der Waals surface area contributed by atoms with E-state index >= 15 is 0 Å². The summed E-state index contributed by atoms with van der Waals surface area (Å²) in [5.74, 6) is 0.541. The third kappa shape index (κ3) is 3.54. The number of amides is 1. The van der Waals surface area contributed by atoms with Gasteiger partial charge in [0.1, 0.15) is 0 Å². The normalized spacial score (nSPS) is 18.2. The molecule has 2 N–H and O–H groups in total. The van der Waals surface area contributed by atoms with Gasteiger partial charge < -0.3 is 5.32 Å². The quantitative estimate of drug-likeness (QED) is 0.812. The summed E-state index contributed by atoms with van der Waals surface area (Å²) in [4.78, 5) is 23.5. The monoisotopic (exact) mass is 294 g/mol. The molecule has 1 atom stereocenters. The van der Waals surface area contributed by atoms with Crippen LogP contribution in [-0.2, 0) is 4.79 Å². The average molecular weight is 294 g/mol. The van der Waals surface area contributed by atoms with Gasteiger partial charge in [-0.15, -0.1) is 0 Å². The molecule has 1 heterocycles. The molecule has 1 aromatic carbocycles. The molecule has 0 aromatic heterocycles. The first-order valence-electron chi connectivity index (χ1n) is 5.92. The van der Waals surface area contributed by atoms with Gasteiger partial charge in [-0.2, -0.15) is 0 Å². The predicted octanol–water partition coefficient (Wildman–Crippen LogP) is 1.63. The fourth-order valence-corrected chi connectivity index (χ4v) is 2.99. The third-order valence-corrected chi connectivity index (χ3v) is 4.09. The smallest absolute Gasteiger partial charge is 0.257 e. The highest BCUT2D eigenvalue weighted by atomic mass is 32.2. The average Bonchev–Trinajstić information content (AvgIpc) is 2.75. The Bertz CT molecular complexity index is 531. The molecule has 2 rings (SSSR count). The Hall–Kier alpha value is -1.40. The molecule has 1 aliphatic rings. The van der Waals surface area contributed by atoms with Crippen LogP contribution in [0.2, 0.25) is 0 Å². The van der Waals surface area contributed by atoms with Crippen molar-refractivity contribution in [2.45, 2.75) is 19.4 Å². The minimum Gasteiger partial charge on any atom is -0.352 e. The van der Waals surface area contributed by atoms with E-state index in [4.69, 9.17) is 12.2 Å². The van der Waals surface area contributed by atoms with Gasteiger partial charge in [-0.05, 0) is 37.2 Å². The zero-order valence-electron chi connectivity index (χ0n) is 10.4. The van der Waals surface area contributed by atoms with Crippen LogP contribution in [0.15, 0.2) is 24.3 Å². The van der Waals surface area contributed by atoms with E-state index in [9.17, 15) is 9.59 Å². The van der Waals surface area contributed by atoms with Crippen molar-refractivity contribution in [1.29, 1.82) is 0 Å². The first kappa shape index (κ1) is 14.0. The van der Waals surface area contributed by atoms with E-state index in [1.54, 1.807) is 12.1 Å². The Morgan fingerprint density at radius 2 is 2.16 bits per heavy atom. The van der Waals surface area contributed by atoms with Crippen LogP contribution in [0.1, 0.15) is 22.3 Å². The van der Waals surface area contributed by atoms with E-state index in [2.05, 4.69) is 10.6 Å². The van der Waals surface area contributed by atoms with E-state index in [0.29, 0.717) is 5.56 Å². The maximum absolute atomic E-state index is 12.0. The van der Waals surface area contributed by atoms with Crippen LogP contribution in [0.4, 0.5) is 0 Å². The zero-order valence-corrected chi connectivity index (χ0v) is 12.1. The van der Waals surface area contributed by atoms with Crippen molar-refractivity contribution in [3.05, 3.63) is 35.4 Å². The summed E-state index contributed by atoms with van der Waals surface area (Å²) in [7, 11) is 0. The largest absolute Gasteiger partial charge is 0.352 e. The van der Waals surface area contributed by atoms with Crippen LogP contribution in [0.5, 0.6) is 0 Å². The predicted molar refractivity (Wildman–Crippen MR) is 80.2 cm³/mol. The molecule has 1 saturated heterocycles. The summed E-state index contributed by atoms with van der Waals surface area (Å²) in [6, 6.07) is 6.99. The molecule has 19 heavy (non-hydrogen) atoms. The Kier molecular flexibility index (Phi) is 4.55. The Labute approximate surface area is 121 Å². The van der Waals surface area contributed by atoms with Crippen molar-refractivity contribution in [3.8, 4) is 0 Å². The topological polar surface area (TPSA) is 58.2 Å². The standard InChI is InChI=1S/C13H14N2O2S2/c1-8-4-2-3-5-9(8)11(16)15-13(18)14-10-6-7-19-12(10)17/h2-5,10H,6-7H2,1H3,(H2,14,15,16,18)/t10-/m0/s1. The number of thiocarbonyl (C=S) groups is 1. The lowest BCUT2D eigenvalue weighted by molar-refractivity contribution is -0.111. The van der Waals surface area contributed by atoms with Crippen LogP contribution in [0.3, 0.4) is 0 Å². The SMILES string of the molecule is Cc1ccccc1C(=O)NC(=S)N[C@H]1CCSC1=O. The maximum atomic E-state index is 12.0. The van der Waals surface area contributed by atoms with E-state index in [0.717, 1.165) is 17.7 Å². The number of hydrogen-bond donors (Lipinski definition) is 2. The highest BCUT2D eigenvalue weighted by Gasteiger charge is 2.26. The zero-order chi connectivity index (χ0) is 13.8. The van der Waals surface area contributed by atoms with Crippen LogP contribution < -0.4 is 10.6 Å². The van der Waals surface area contributed by atoms with Crippen molar-refractivity contribution in [3.63, 3.8) is 0 Å². The molecule has 1 aromatic rings. The van der Waals surface area contributed by atoms with Crippen LogP contribution in [0, 0.1) is 6.92 Å². The molecule has 0 spiro atoms. The molecule has 1 fully saturated rings. The molecule has 6 heteroatoms. The van der Waals surface area contributed by atoms with Crippen molar-refractivity contribution in [2.75, 3.05) is 5.75 Å². The van der Waals surface area contributed by atoms with Gasteiger partial charge in [-0.3, -0.25) is 14.9 Å². The van der Waals surface area contributed by atoms with Gasteiger partial charge in [0.15, 0.2) is 5.11 Å². The van der Waals surface area contributed by atoms with Gasteiger partial charge in [-0.25, -0.2) is 0 Å². The third-order valence-electron chi connectivity index (χ3n) is 2.86. The number of hydrogen-bond acceptors (Lipinski definition) is 4. The highest BCUT2D eigenvalue weighted by Crippen LogP contribution is 2.19. The molecule has 1 amide bonds. The van der Waals surface area contributed by atoms with Crippen LogP contribution in [-0.4, -0.2) is 27.9 Å². The molecule has 0 saturated carbocycles. The number of carbonyl (C=O) groups is 2. The van der Waals surface area contributed by atoms with E-state index in [1.165, 1.54) is 11.8 Å². The van der Waals surface area contributed by atoms with Crippen LogP contribution in [0.25, 0.3) is 0 Å². The van der Waals surface area contributed by atoms with Crippen LogP contribution >= 0.6 is 24.0 Å². The number of benzene rings is 1. The minimum atomic E-state index is -0.283. The molecule has 0 aliphatic carbocycles. The summed E-state index contributed by atoms with van der Waals surface area (Å²) in [6.45, 7) is 1.86. The van der Waals surface area contributed by atoms with Crippen molar-refractivity contribution < 1.29 is 9.59 Å². The van der Waals surface area contributed by atoms with E-state index in [-0.39, 0.29) is 22.2 Å². The minimum absolute atomic E-state index is 0.0764. The molecule has 0 bridgehead atoms. The number of thioether (sulfide) groups is 1. The fourth-order valence-electron chi connectivity index (χ4n) is 1.82. The molecule has 0 unspecified atom stereocenters. The number of aryl methyl sites for hydroxylation is 1. The molecule has 4 nitrogen and oxygen atoms in total. The molecule has 1 aliphatic heterocycles. The van der Waals surface area contributed by atoms with Gasteiger partial charge in [0.25, 0.3) is 5.91 Å². The first-order chi connectivity index (χ1) is 9.08. The maximum Gasteiger partial charge on any atom is 0.257 e. The lowest BCUT2D eigenvalue weighted by Crippen LogP contribution is -2.45. The summed E-state index contributed by atoms with van der Waals surface area (Å²) in [5.41, 5.74) is 1.47. The molecular weight excluding hydrogens is 280 g/mol. The number of rotatable bonds is 2. The van der Waals surface area contributed by atoms with Gasteiger partial charge in [0.05, 0.1) is 6.04 Å². The second kappa shape index (κ2) is 6.16. The first-order valence-corrected chi connectivity index (χ1v) is 7.31. The lowest BCUT2D eigenvalue weighted by atomic mass is 10.1. The number of carbonyl (C=O) groups excluding carboxylic acids is 2. The highest BCUT2D eigenvalue weighted by molar-refractivity contribution is 8.14. The fraction of sp³-hybridized carbons (Fsp3) is 0.308. The van der Waals surface area contributed by atoms with Gasteiger partial charge in [-0.1, -0.05) is 30.0 Å². The molecular formula is C13H14N2O2S2. The Morgan fingerprint density at radius 3 is 2.79 bits per heavy atom. The van der Waals surface area contributed by atoms with Gasteiger partial charge in [0, 0.05) is 11.3 Å². The van der Waals surface area contributed by atoms with E-state index in [1.807, 2.05) is 19.1 Å². The van der Waals surface area contributed by atoms with Crippen molar-refractivity contribution in [1.82, 2.24) is 10.6 Å². The second-order valence-corrected chi connectivity index (χ2v) is 5.76. The number of nitrogens with one attached hydrogen (secondary N) is 2. The summed E-state index contributed by atoms with van der Waals surface area (Å²) in [5, 5.41) is 5.76. The van der Waals surface area contributed by atoms with Gasteiger partial charge >= 0.3 is 0 Å². The summed E-state index contributed by atoms with van der Waals surface area (Å²) < 4.78 is 0. The summed E-state index contributed by atoms with van der Waals surface area (Å²) in [6.07, 6.45) is 0.740. The van der Waals surface area contributed by atoms with Crippen molar-refractivity contribution in [2.24, 2.45) is 0 Å². The second-order valence-electron chi connectivity index (χ2n) is 4.25. The molecule has 100 valence electrons. The van der Waals surface area contributed by atoms with Gasteiger partial charge in [0.2, 0.25) is 5.12 Å². The lowest BCUT2D eigenvalue weighted by Gasteiger charge is -2.14. The Balaban J connectivity index is 1.94. The van der Waals surface area contributed by atoms with Crippen molar-refractivity contribution >= 4 is 40.1 Å². The Morgan fingerprint density at radius 1 is 1.42 bits per heavy atom. The van der Waals surface area contributed by atoms with E-state index < -0.39 is 0 Å². The molecule has 0 radical (unpaired) electrons. The summed E-state index contributed by atoms with van der Waals surface area (Å²) >= 11 is 6.35.